The fourth-order valence-electron chi connectivity index (χ4n) is 13.3. The standard InChI is InChI=1S/C62H75BN2O/c1-36-28-50-54-51(29-36)65(48-30-38(56(3,4)5)19-18-37(48)2)55-53(40-32-43-46(35-52(40)66-55)62(16,17)27-24-59(43,10)11)63(54)47-33-44-45(61(14,15)26-25-60(44,12)13)34-49(47)64(50)39-20-21-41-42(31-39)58(8,9)23-22-57(41,6)7/h18-21,28-35H,22-27H2,1-17H3. The molecule has 3 heterocycles. The zero-order valence-corrected chi connectivity index (χ0v) is 43.6. The average Bonchev–Trinajstić information content (AvgIpc) is 3.60. The third-order valence-electron chi connectivity index (χ3n) is 18.2. The number of furan rings is 1. The van der Waals surface area contributed by atoms with Gasteiger partial charge in [-0.25, -0.2) is 0 Å². The Labute approximate surface area is 397 Å². The summed E-state index contributed by atoms with van der Waals surface area (Å²) in [6, 6.07) is 30.1. The lowest BCUT2D eigenvalue weighted by molar-refractivity contribution is 0.332. The minimum atomic E-state index is -0.0302. The minimum absolute atomic E-state index is 0.0239. The number of fused-ring (bicyclic) bond motifs is 9. The summed E-state index contributed by atoms with van der Waals surface area (Å²) in [7, 11) is 0. The van der Waals surface area contributed by atoms with E-state index in [0.29, 0.717) is 0 Å². The summed E-state index contributed by atoms with van der Waals surface area (Å²) >= 11 is 0. The van der Waals surface area contributed by atoms with Gasteiger partial charge in [0.05, 0.1) is 5.69 Å². The van der Waals surface area contributed by atoms with Crippen molar-refractivity contribution in [1.82, 2.24) is 0 Å². The molecule has 0 radical (unpaired) electrons. The van der Waals surface area contributed by atoms with Crippen molar-refractivity contribution >= 4 is 68.4 Å². The van der Waals surface area contributed by atoms with Crippen LogP contribution in [0.1, 0.15) is 192 Å². The number of hydrogen-bond donors (Lipinski definition) is 0. The van der Waals surface area contributed by atoms with Crippen LogP contribution >= 0.6 is 0 Å². The summed E-state index contributed by atoms with van der Waals surface area (Å²) in [6.07, 6.45) is 7.06. The molecule has 5 aliphatic rings. The van der Waals surface area contributed by atoms with Gasteiger partial charge in [-0.15, -0.1) is 0 Å². The summed E-state index contributed by atoms with van der Waals surface area (Å²) in [5, 5.41) is 1.26. The third-order valence-corrected chi connectivity index (χ3v) is 18.2. The molecular formula is C62H75BN2O. The zero-order chi connectivity index (χ0) is 47.2. The van der Waals surface area contributed by atoms with Crippen molar-refractivity contribution in [3.63, 3.8) is 0 Å². The maximum atomic E-state index is 7.59. The molecule has 3 aliphatic carbocycles. The van der Waals surface area contributed by atoms with Crippen LogP contribution in [0, 0.1) is 13.8 Å². The summed E-state index contributed by atoms with van der Waals surface area (Å²) in [5.41, 5.74) is 24.5. The maximum Gasteiger partial charge on any atom is 0.257 e. The molecule has 1 aromatic heterocycles. The molecule has 0 saturated carbocycles. The molecule has 0 saturated heterocycles. The molecule has 5 aromatic carbocycles. The van der Waals surface area contributed by atoms with Crippen LogP contribution in [0.15, 0.2) is 77.2 Å². The highest BCUT2D eigenvalue weighted by Gasteiger charge is 2.50. The topological polar surface area (TPSA) is 19.6 Å². The van der Waals surface area contributed by atoms with Gasteiger partial charge in [0.1, 0.15) is 5.58 Å². The Bertz CT molecular complexity index is 3070. The van der Waals surface area contributed by atoms with Crippen LogP contribution in [0.4, 0.5) is 34.3 Å². The number of aryl methyl sites for hydroxylation is 2. The second-order valence-electron chi connectivity index (χ2n) is 26.8. The Morgan fingerprint density at radius 1 is 0.470 bits per heavy atom. The SMILES string of the molecule is Cc1cc2c3c(c1)N(c1cc(C(C)(C)C)ccc1C)c1oc4cc5c(cc4c1B3c1cc3c(cc1N2c1ccc2c(c1)C(C)(C)CCC2(C)C)C(C)(C)CCC3(C)C)C(C)(C)CCC5(C)C. The lowest BCUT2D eigenvalue weighted by Crippen LogP contribution is -2.61. The van der Waals surface area contributed by atoms with Gasteiger partial charge in [-0.2, -0.15) is 0 Å². The molecule has 0 unspecified atom stereocenters. The zero-order valence-electron chi connectivity index (χ0n) is 43.6. The average molecular weight is 875 g/mol. The highest BCUT2D eigenvalue weighted by atomic mass is 16.4. The summed E-state index contributed by atoms with van der Waals surface area (Å²) in [4.78, 5) is 5.25. The van der Waals surface area contributed by atoms with Crippen molar-refractivity contribution in [2.24, 2.45) is 0 Å². The van der Waals surface area contributed by atoms with E-state index in [9.17, 15) is 0 Å². The van der Waals surface area contributed by atoms with E-state index in [2.05, 4.69) is 200 Å². The summed E-state index contributed by atoms with van der Waals surface area (Å²) < 4.78 is 7.59. The predicted molar refractivity (Wildman–Crippen MR) is 284 cm³/mol. The van der Waals surface area contributed by atoms with Gasteiger partial charge in [0.25, 0.3) is 6.71 Å². The maximum absolute atomic E-state index is 7.59. The first-order valence-electron chi connectivity index (χ1n) is 25.4. The molecule has 11 rings (SSSR count). The number of benzene rings is 5. The molecule has 342 valence electrons. The molecule has 0 spiro atoms. The van der Waals surface area contributed by atoms with Crippen LogP contribution in [0.3, 0.4) is 0 Å². The van der Waals surface area contributed by atoms with Crippen LogP contribution < -0.4 is 26.2 Å². The van der Waals surface area contributed by atoms with Gasteiger partial charge < -0.3 is 9.32 Å². The molecular weight excluding hydrogens is 800 g/mol. The van der Waals surface area contributed by atoms with Gasteiger partial charge in [0.15, 0.2) is 0 Å². The quantitative estimate of drug-likeness (QED) is 0.161. The van der Waals surface area contributed by atoms with Crippen molar-refractivity contribution in [2.75, 3.05) is 9.80 Å². The van der Waals surface area contributed by atoms with Crippen LogP contribution in [0.25, 0.3) is 11.0 Å². The monoisotopic (exact) mass is 875 g/mol. The second kappa shape index (κ2) is 13.5. The largest absolute Gasteiger partial charge is 0.440 e. The van der Waals surface area contributed by atoms with Crippen molar-refractivity contribution < 1.29 is 4.42 Å². The second-order valence-corrected chi connectivity index (χ2v) is 26.8. The number of hydrogen-bond acceptors (Lipinski definition) is 3. The Morgan fingerprint density at radius 3 is 1.55 bits per heavy atom. The molecule has 0 fully saturated rings. The first kappa shape index (κ1) is 43.8. The highest BCUT2D eigenvalue weighted by Crippen LogP contribution is 2.55. The van der Waals surface area contributed by atoms with Crippen LogP contribution in [0.5, 0.6) is 0 Å². The number of rotatable bonds is 2. The molecule has 0 N–H and O–H groups in total. The first-order valence-corrected chi connectivity index (χ1v) is 25.4. The Morgan fingerprint density at radius 2 is 0.970 bits per heavy atom. The Balaban J connectivity index is 1.30. The van der Waals surface area contributed by atoms with E-state index in [1.807, 2.05) is 0 Å². The molecule has 66 heavy (non-hydrogen) atoms. The first-order chi connectivity index (χ1) is 30.6. The van der Waals surface area contributed by atoms with E-state index in [-0.39, 0.29) is 44.6 Å². The van der Waals surface area contributed by atoms with E-state index in [1.165, 1.54) is 139 Å². The molecule has 2 aliphatic heterocycles. The van der Waals surface area contributed by atoms with Crippen LogP contribution in [-0.2, 0) is 37.9 Å². The van der Waals surface area contributed by atoms with Gasteiger partial charge in [0.2, 0.25) is 5.88 Å². The highest BCUT2D eigenvalue weighted by molar-refractivity contribution is 7.01. The number of nitrogens with zero attached hydrogens (tertiary/aromatic N) is 2. The third kappa shape index (κ3) is 6.20. The molecule has 0 atom stereocenters. The summed E-state index contributed by atoms with van der Waals surface area (Å²) in [5.74, 6) is 0.973. The van der Waals surface area contributed by atoms with Crippen molar-refractivity contribution in [3.8, 4) is 0 Å². The van der Waals surface area contributed by atoms with E-state index >= 15 is 0 Å². The molecule has 6 aromatic rings. The lowest BCUT2D eigenvalue weighted by Gasteiger charge is -2.47. The molecule has 3 nitrogen and oxygen atoms in total. The van der Waals surface area contributed by atoms with Crippen molar-refractivity contribution in [2.45, 2.75) is 194 Å². The Hall–Kier alpha value is -4.70. The van der Waals surface area contributed by atoms with Gasteiger partial charge in [-0.1, -0.05) is 128 Å². The predicted octanol–water partition coefficient (Wildman–Crippen LogP) is 15.5. The molecule has 0 amide bonds. The lowest BCUT2D eigenvalue weighted by atomic mass is 9.33. The Kier molecular flexibility index (Phi) is 8.97. The van der Waals surface area contributed by atoms with Crippen molar-refractivity contribution in [1.29, 1.82) is 0 Å². The fourth-order valence-corrected chi connectivity index (χ4v) is 13.3. The van der Waals surface area contributed by atoms with Gasteiger partial charge in [-0.05, 0) is 200 Å². The molecule has 4 heteroatoms. The van der Waals surface area contributed by atoms with E-state index in [4.69, 9.17) is 4.42 Å². The summed E-state index contributed by atoms with van der Waals surface area (Å²) in [6.45, 7) is 41.2. The van der Waals surface area contributed by atoms with Gasteiger partial charge in [0, 0.05) is 33.6 Å². The van der Waals surface area contributed by atoms with E-state index in [1.54, 1.807) is 0 Å². The van der Waals surface area contributed by atoms with E-state index in [0.717, 1.165) is 11.5 Å². The van der Waals surface area contributed by atoms with Gasteiger partial charge in [-0.3, -0.25) is 4.90 Å². The van der Waals surface area contributed by atoms with Gasteiger partial charge >= 0.3 is 0 Å². The number of anilines is 6. The van der Waals surface area contributed by atoms with Crippen LogP contribution in [0.2, 0.25) is 0 Å². The van der Waals surface area contributed by atoms with Crippen molar-refractivity contribution in [3.05, 3.63) is 123 Å². The van der Waals surface area contributed by atoms with E-state index < -0.39 is 0 Å². The van der Waals surface area contributed by atoms with Crippen LogP contribution in [-0.4, -0.2) is 6.71 Å². The minimum Gasteiger partial charge on any atom is -0.440 e. The fraction of sp³-hybridized carbons (Fsp3) is 0.484. The smallest absolute Gasteiger partial charge is 0.257 e. The molecule has 0 bridgehead atoms. The normalized spacial score (nSPS) is 21.1.